The van der Waals surface area contributed by atoms with Gasteiger partial charge < -0.3 is 9.73 Å². The predicted molar refractivity (Wildman–Crippen MR) is 104 cm³/mol. The summed E-state index contributed by atoms with van der Waals surface area (Å²) in [7, 11) is 0. The third-order valence-corrected chi connectivity index (χ3v) is 4.52. The molecule has 0 aliphatic rings. The molecule has 1 aromatic heterocycles. The van der Waals surface area contributed by atoms with Crippen LogP contribution in [0.3, 0.4) is 0 Å². The SMILES string of the molecule is CCC(C)N(Cc1cccc(Cl)c1)Cc1nc(C(=O)NCC(C)C)co1. The number of hydrogen-bond donors (Lipinski definition) is 1. The number of rotatable bonds is 9. The molecule has 0 fully saturated rings. The third kappa shape index (κ3) is 6.15. The van der Waals surface area contributed by atoms with Gasteiger partial charge in [-0.3, -0.25) is 9.69 Å². The van der Waals surface area contributed by atoms with Crippen molar-refractivity contribution in [2.45, 2.75) is 53.2 Å². The average molecular weight is 378 g/mol. The Balaban J connectivity index is 2.05. The van der Waals surface area contributed by atoms with Crippen LogP contribution >= 0.6 is 11.6 Å². The summed E-state index contributed by atoms with van der Waals surface area (Å²) < 4.78 is 5.54. The van der Waals surface area contributed by atoms with Crippen molar-refractivity contribution in [1.82, 2.24) is 15.2 Å². The van der Waals surface area contributed by atoms with Gasteiger partial charge in [0, 0.05) is 24.2 Å². The summed E-state index contributed by atoms with van der Waals surface area (Å²) in [4.78, 5) is 18.7. The Labute approximate surface area is 160 Å². The maximum atomic E-state index is 12.1. The first-order valence-corrected chi connectivity index (χ1v) is 9.48. The van der Waals surface area contributed by atoms with Crippen LogP contribution in [0.2, 0.25) is 5.02 Å². The lowest BCUT2D eigenvalue weighted by molar-refractivity contribution is 0.0944. The first kappa shape index (κ1) is 20.5. The van der Waals surface area contributed by atoms with Gasteiger partial charge in [0.05, 0.1) is 6.54 Å². The zero-order valence-electron chi connectivity index (χ0n) is 16.0. The van der Waals surface area contributed by atoms with E-state index in [1.54, 1.807) is 0 Å². The summed E-state index contributed by atoms with van der Waals surface area (Å²) in [5.74, 6) is 0.740. The number of halogens is 1. The molecule has 0 radical (unpaired) electrons. The lowest BCUT2D eigenvalue weighted by Crippen LogP contribution is -2.32. The Morgan fingerprint density at radius 1 is 1.31 bits per heavy atom. The van der Waals surface area contributed by atoms with Crippen LogP contribution in [0, 0.1) is 5.92 Å². The van der Waals surface area contributed by atoms with Crippen LogP contribution in [-0.2, 0) is 13.1 Å². The van der Waals surface area contributed by atoms with E-state index in [1.807, 2.05) is 32.0 Å². The normalized spacial score (nSPS) is 12.6. The minimum absolute atomic E-state index is 0.196. The van der Waals surface area contributed by atoms with Gasteiger partial charge in [-0.05, 0) is 37.0 Å². The molecule has 1 heterocycles. The van der Waals surface area contributed by atoms with Crippen molar-refractivity contribution < 1.29 is 9.21 Å². The van der Waals surface area contributed by atoms with Gasteiger partial charge in [0.2, 0.25) is 5.89 Å². The van der Waals surface area contributed by atoms with Gasteiger partial charge in [-0.1, -0.05) is 44.5 Å². The number of nitrogens with one attached hydrogen (secondary N) is 1. The fraction of sp³-hybridized carbons (Fsp3) is 0.500. The Hall–Kier alpha value is -1.85. The summed E-state index contributed by atoms with van der Waals surface area (Å²) in [5, 5.41) is 3.58. The molecule has 0 aliphatic heterocycles. The molecule has 0 saturated heterocycles. The van der Waals surface area contributed by atoms with E-state index < -0.39 is 0 Å². The van der Waals surface area contributed by atoms with Crippen LogP contribution in [-0.4, -0.2) is 28.4 Å². The highest BCUT2D eigenvalue weighted by Crippen LogP contribution is 2.17. The van der Waals surface area contributed by atoms with E-state index >= 15 is 0 Å². The van der Waals surface area contributed by atoms with Gasteiger partial charge >= 0.3 is 0 Å². The molecular formula is C20H28ClN3O2. The molecule has 142 valence electrons. The van der Waals surface area contributed by atoms with Crippen molar-refractivity contribution in [2.75, 3.05) is 6.54 Å². The lowest BCUT2D eigenvalue weighted by atomic mass is 10.1. The molecule has 0 spiro atoms. The van der Waals surface area contributed by atoms with Gasteiger partial charge in [0.25, 0.3) is 5.91 Å². The zero-order valence-corrected chi connectivity index (χ0v) is 16.7. The number of amides is 1. The van der Waals surface area contributed by atoms with E-state index in [9.17, 15) is 4.79 Å². The van der Waals surface area contributed by atoms with E-state index in [0.29, 0.717) is 36.6 Å². The Morgan fingerprint density at radius 2 is 2.08 bits per heavy atom. The van der Waals surface area contributed by atoms with Crippen molar-refractivity contribution in [3.05, 3.63) is 52.7 Å². The van der Waals surface area contributed by atoms with Gasteiger partial charge in [-0.25, -0.2) is 4.98 Å². The smallest absolute Gasteiger partial charge is 0.273 e. The summed E-state index contributed by atoms with van der Waals surface area (Å²) >= 11 is 6.10. The second-order valence-electron chi connectivity index (χ2n) is 7.02. The molecule has 1 atom stereocenters. The number of carbonyl (C=O) groups is 1. The monoisotopic (exact) mass is 377 g/mol. The summed E-state index contributed by atoms with van der Waals surface area (Å²) in [5.41, 5.74) is 1.46. The summed E-state index contributed by atoms with van der Waals surface area (Å²) in [6, 6.07) is 8.20. The number of carbonyl (C=O) groups excluding carboxylic acids is 1. The molecule has 1 amide bonds. The predicted octanol–water partition coefficient (Wildman–Crippen LogP) is 4.51. The summed E-state index contributed by atoms with van der Waals surface area (Å²) in [6.07, 6.45) is 2.43. The fourth-order valence-corrected chi connectivity index (χ4v) is 2.76. The first-order chi connectivity index (χ1) is 12.4. The molecule has 5 nitrogen and oxygen atoms in total. The molecule has 1 aromatic carbocycles. The number of aromatic nitrogens is 1. The van der Waals surface area contributed by atoms with Crippen molar-refractivity contribution in [3.8, 4) is 0 Å². The standard InChI is InChI=1S/C20H28ClN3O2/c1-5-15(4)24(11-16-7-6-8-17(21)9-16)12-19-23-18(13-26-19)20(25)22-10-14(2)3/h6-9,13-15H,5,10-12H2,1-4H3,(H,22,25). The summed E-state index contributed by atoms with van der Waals surface area (Å²) in [6.45, 7) is 10.3. The number of benzene rings is 1. The quantitative estimate of drug-likeness (QED) is 0.698. The van der Waals surface area contributed by atoms with E-state index in [-0.39, 0.29) is 5.91 Å². The van der Waals surface area contributed by atoms with Gasteiger partial charge in [0.1, 0.15) is 6.26 Å². The molecule has 2 aromatic rings. The second kappa shape index (κ2) is 9.74. The average Bonchev–Trinajstić information content (AvgIpc) is 3.07. The van der Waals surface area contributed by atoms with Crippen molar-refractivity contribution in [3.63, 3.8) is 0 Å². The van der Waals surface area contributed by atoms with E-state index in [2.05, 4.69) is 35.1 Å². The zero-order chi connectivity index (χ0) is 19.1. The molecule has 6 heteroatoms. The molecule has 1 unspecified atom stereocenters. The lowest BCUT2D eigenvalue weighted by Gasteiger charge is -2.27. The Morgan fingerprint density at radius 3 is 2.73 bits per heavy atom. The molecular weight excluding hydrogens is 350 g/mol. The van der Waals surface area contributed by atoms with Crippen LogP contribution in [0.5, 0.6) is 0 Å². The second-order valence-corrected chi connectivity index (χ2v) is 7.46. The highest BCUT2D eigenvalue weighted by molar-refractivity contribution is 6.30. The molecule has 26 heavy (non-hydrogen) atoms. The highest BCUT2D eigenvalue weighted by Gasteiger charge is 2.18. The molecule has 0 saturated carbocycles. The molecule has 1 N–H and O–H groups in total. The van der Waals surface area contributed by atoms with E-state index in [0.717, 1.165) is 23.6 Å². The largest absolute Gasteiger partial charge is 0.447 e. The van der Waals surface area contributed by atoms with Crippen LogP contribution in [0.4, 0.5) is 0 Å². The van der Waals surface area contributed by atoms with Crippen molar-refractivity contribution in [1.29, 1.82) is 0 Å². The third-order valence-electron chi connectivity index (χ3n) is 4.28. The Kier molecular flexibility index (Phi) is 7.66. The topological polar surface area (TPSA) is 58.4 Å². The van der Waals surface area contributed by atoms with Crippen LogP contribution in [0.15, 0.2) is 34.9 Å². The van der Waals surface area contributed by atoms with Crippen LogP contribution < -0.4 is 5.32 Å². The minimum atomic E-state index is -0.196. The fourth-order valence-electron chi connectivity index (χ4n) is 2.54. The molecule has 2 rings (SSSR count). The van der Waals surface area contributed by atoms with Crippen molar-refractivity contribution >= 4 is 17.5 Å². The number of nitrogens with zero attached hydrogens (tertiary/aromatic N) is 2. The molecule has 0 bridgehead atoms. The van der Waals surface area contributed by atoms with Gasteiger partial charge in [0.15, 0.2) is 5.69 Å². The number of oxazole rings is 1. The van der Waals surface area contributed by atoms with Gasteiger partial charge in [-0.2, -0.15) is 0 Å². The van der Waals surface area contributed by atoms with Crippen LogP contribution in [0.1, 0.15) is 56.1 Å². The first-order valence-electron chi connectivity index (χ1n) is 9.10. The minimum Gasteiger partial charge on any atom is -0.447 e. The van der Waals surface area contributed by atoms with E-state index in [4.69, 9.17) is 16.0 Å². The molecule has 0 aliphatic carbocycles. The Bertz CT molecular complexity index is 715. The maximum Gasteiger partial charge on any atom is 0.273 e. The van der Waals surface area contributed by atoms with Crippen LogP contribution in [0.25, 0.3) is 0 Å². The highest BCUT2D eigenvalue weighted by atomic mass is 35.5. The van der Waals surface area contributed by atoms with Crippen molar-refractivity contribution in [2.24, 2.45) is 5.92 Å². The maximum absolute atomic E-state index is 12.1. The van der Waals surface area contributed by atoms with E-state index in [1.165, 1.54) is 6.26 Å². The van der Waals surface area contributed by atoms with Gasteiger partial charge in [-0.15, -0.1) is 0 Å². The number of hydrogen-bond acceptors (Lipinski definition) is 4.